The second kappa shape index (κ2) is 7.00. The van der Waals surface area contributed by atoms with Crippen molar-refractivity contribution < 1.29 is 0 Å². The highest BCUT2D eigenvalue weighted by Gasteiger charge is 2.09. The maximum Gasteiger partial charge on any atom is 0.0419 e. The largest absolute Gasteiger partial charge is 0.316 e. The molecule has 0 radical (unpaired) electrons. The molecular weight excluding hydrogens is 234 g/mol. The Morgan fingerprint density at radius 2 is 1.84 bits per heavy atom. The van der Waals surface area contributed by atoms with Crippen molar-refractivity contribution in [3.63, 3.8) is 0 Å². The number of aryl methyl sites for hydroxylation is 1. The predicted octanol–water partition coefficient (Wildman–Crippen LogP) is 2.41. The minimum atomic E-state index is 0.405. The second-order valence-electron chi connectivity index (χ2n) is 4.76. The number of nitrogens with zero attached hydrogens (tertiary/aromatic N) is 2. The molecule has 0 aromatic carbocycles. The zero-order chi connectivity index (χ0) is 13.5. The lowest BCUT2D eigenvalue weighted by molar-refractivity contribution is 0.550. The SMILES string of the molecule is CCc1ccc(CC(Cc2ccncc2)NC)nc1. The van der Waals surface area contributed by atoms with E-state index in [0.29, 0.717) is 6.04 Å². The van der Waals surface area contributed by atoms with Crippen LogP contribution in [-0.2, 0) is 19.3 Å². The molecule has 0 aliphatic carbocycles. The summed E-state index contributed by atoms with van der Waals surface area (Å²) in [6.45, 7) is 2.15. The minimum absolute atomic E-state index is 0.405. The molecule has 0 saturated carbocycles. The zero-order valence-electron chi connectivity index (χ0n) is 11.6. The summed E-state index contributed by atoms with van der Waals surface area (Å²) in [5.74, 6) is 0. The summed E-state index contributed by atoms with van der Waals surface area (Å²) in [6, 6.07) is 8.84. The number of likely N-dealkylation sites (N-methyl/N-ethyl adjacent to an activating group) is 1. The van der Waals surface area contributed by atoms with Gasteiger partial charge in [-0.1, -0.05) is 13.0 Å². The van der Waals surface area contributed by atoms with Gasteiger partial charge in [0, 0.05) is 36.7 Å². The Morgan fingerprint density at radius 1 is 1.05 bits per heavy atom. The predicted molar refractivity (Wildman–Crippen MR) is 78.1 cm³/mol. The van der Waals surface area contributed by atoms with E-state index in [1.807, 2.05) is 25.6 Å². The quantitative estimate of drug-likeness (QED) is 0.861. The molecule has 2 rings (SSSR count). The molecule has 3 nitrogen and oxygen atoms in total. The van der Waals surface area contributed by atoms with Crippen molar-refractivity contribution >= 4 is 0 Å². The summed E-state index contributed by atoms with van der Waals surface area (Å²) in [5.41, 5.74) is 3.74. The molecule has 1 N–H and O–H groups in total. The Morgan fingerprint density at radius 3 is 2.42 bits per heavy atom. The highest BCUT2D eigenvalue weighted by Crippen LogP contribution is 2.08. The van der Waals surface area contributed by atoms with Crippen LogP contribution in [0, 0.1) is 0 Å². The summed E-state index contributed by atoms with van der Waals surface area (Å²) in [5, 5.41) is 3.37. The lowest BCUT2D eigenvalue weighted by atomic mass is 10.0. The number of pyridine rings is 2. The van der Waals surface area contributed by atoms with Crippen molar-refractivity contribution in [3.8, 4) is 0 Å². The van der Waals surface area contributed by atoms with E-state index in [1.54, 1.807) is 0 Å². The standard InChI is InChI=1S/C16H21N3/c1-3-13-4-5-15(19-12-13)11-16(17-2)10-14-6-8-18-9-7-14/h4-9,12,16-17H,3,10-11H2,1-2H3. The average molecular weight is 255 g/mol. The molecule has 1 unspecified atom stereocenters. The van der Waals surface area contributed by atoms with Crippen molar-refractivity contribution in [1.82, 2.24) is 15.3 Å². The van der Waals surface area contributed by atoms with Crippen LogP contribution >= 0.6 is 0 Å². The third kappa shape index (κ3) is 4.14. The van der Waals surface area contributed by atoms with Gasteiger partial charge < -0.3 is 5.32 Å². The van der Waals surface area contributed by atoms with E-state index in [4.69, 9.17) is 0 Å². The summed E-state index contributed by atoms with van der Waals surface area (Å²) in [4.78, 5) is 8.58. The first-order chi connectivity index (χ1) is 9.31. The Bertz CT molecular complexity index is 479. The van der Waals surface area contributed by atoms with Gasteiger partial charge in [-0.3, -0.25) is 9.97 Å². The van der Waals surface area contributed by atoms with Gasteiger partial charge in [-0.25, -0.2) is 0 Å². The molecule has 0 aliphatic rings. The van der Waals surface area contributed by atoms with Crippen LogP contribution in [0.4, 0.5) is 0 Å². The van der Waals surface area contributed by atoms with Gasteiger partial charge >= 0.3 is 0 Å². The second-order valence-corrected chi connectivity index (χ2v) is 4.76. The average Bonchev–Trinajstić information content (AvgIpc) is 2.48. The van der Waals surface area contributed by atoms with Gasteiger partial charge in [0.2, 0.25) is 0 Å². The van der Waals surface area contributed by atoms with Crippen LogP contribution in [0.2, 0.25) is 0 Å². The van der Waals surface area contributed by atoms with Gasteiger partial charge in [0.05, 0.1) is 0 Å². The fourth-order valence-corrected chi connectivity index (χ4v) is 2.12. The smallest absolute Gasteiger partial charge is 0.0419 e. The summed E-state index contributed by atoms with van der Waals surface area (Å²) < 4.78 is 0. The highest BCUT2D eigenvalue weighted by atomic mass is 14.9. The van der Waals surface area contributed by atoms with Crippen LogP contribution in [0.5, 0.6) is 0 Å². The molecule has 100 valence electrons. The van der Waals surface area contributed by atoms with E-state index in [9.17, 15) is 0 Å². The highest BCUT2D eigenvalue weighted by molar-refractivity contribution is 5.16. The molecule has 19 heavy (non-hydrogen) atoms. The van der Waals surface area contributed by atoms with Crippen molar-refractivity contribution in [2.75, 3.05) is 7.05 Å². The summed E-state index contributed by atoms with van der Waals surface area (Å²) in [7, 11) is 2.01. The van der Waals surface area contributed by atoms with Crippen molar-refractivity contribution in [1.29, 1.82) is 0 Å². The minimum Gasteiger partial charge on any atom is -0.316 e. The topological polar surface area (TPSA) is 37.8 Å². The van der Waals surface area contributed by atoms with Crippen molar-refractivity contribution in [2.24, 2.45) is 0 Å². The molecule has 0 bridgehead atoms. The van der Waals surface area contributed by atoms with Gasteiger partial charge in [0.25, 0.3) is 0 Å². The van der Waals surface area contributed by atoms with Gasteiger partial charge in [-0.2, -0.15) is 0 Å². The number of hydrogen-bond donors (Lipinski definition) is 1. The van der Waals surface area contributed by atoms with Crippen molar-refractivity contribution in [3.05, 3.63) is 59.7 Å². The Labute approximate surface area is 115 Å². The monoisotopic (exact) mass is 255 g/mol. The Kier molecular flexibility index (Phi) is 5.04. The fourth-order valence-electron chi connectivity index (χ4n) is 2.12. The third-order valence-corrected chi connectivity index (χ3v) is 3.39. The number of aromatic nitrogens is 2. The van der Waals surface area contributed by atoms with Gasteiger partial charge in [0.1, 0.15) is 0 Å². The molecule has 0 spiro atoms. The Hall–Kier alpha value is -1.74. The van der Waals surface area contributed by atoms with Crippen LogP contribution in [0.1, 0.15) is 23.7 Å². The lowest BCUT2D eigenvalue weighted by Crippen LogP contribution is -2.30. The number of hydrogen-bond acceptors (Lipinski definition) is 3. The maximum atomic E-state index is 4.53. The van der Waals surface area contributed by atoms with Crippen LogP contribution in [-0.4, -0.2) is 23.1 Å². The molecule has 2 aromatic heterocycles. The van der Waals surface area contributed by atoms with Crippen LogP contribution in [0.15, 0.2) is 42.9 Å². The first-order valence-corrected chi connectivity index (χ1v) is 6.81. The van der Waals surface area contributed by atoms with E-state index >= 15 is 0 Å². The number of nitrogens with one attached hydrogen (secondary N) is 1. The van der Waals surface area contributed by atoms with E-state index < -0.39 is 0 Å². The Balaban J connectivity index is 1.98. The molecule has 1 atom stereocenters. The lowest BCUT2D eigenvalue weighted by Gasteiger charge is -2.16. The van der Waals surface area contributed by atoms with E-state index in [1.165, 1.54) is 11.1 Å². The summed E-state index contributed by atoms with van der Waals surface area (Å²) in [6.07, 6.45) is 8.65. The summed E-state index contributed by atoms with van der Waals surface area (Å²) >= 11 is 0. The molecule has 0 saturated heterocycles. The van der Waals surface area contributed by atoms with E-state index in [0.717, 1.165) is 25.0 Å². The fraction of sp³-hybridized carbons (Fsp3) is 0.375. The first kappa shape index (κ1) is 13.7. The van der Waals surface area contributed by atoms with Crippen molar-refractivity contribution in [2.45, 2.75) is 32.2 Å². The molecule has 2 heterocycles. The molecule has 3 heteroatoms. The van der Waals surface area contributed by atoms with Crippen LogP contribution in [0.3, 0.4) is 0 Å². The van der Waals surface area contributed by atoms with E-state index in [2.05, 4.69) is 46.5 Å². The molecule has 0 amide bonds. The molecule has 0 fully saturated rings. The third-order valence-electron chi connectivity index (χ3n) is 3.39. The molecule has 0 aliphatic heterocycles. The molecule has 2 aromatic rings. The van der Waals surface area contributed by atoms with Crippen LogP contribution in [0.25, 0.3) is 0 Å². The molecular formula is C16H21N3. The number of rotatable bonds is 6. The van der Waals surface area contributed by atoms with Gasteiger partial charge in [-0.05, 0) is 49.2 Å². The van der Waals surface area contributed by atoms with Gasteiger partial charge in [-0.15, -0.1) is 0 Å². The zero-order valence-corrected chi connectivity index (χ0v) is 11.6. The van der Waals surface area contributed by atoms with Gasteiger partial charge in [0.15, 0.2) is 0 Å². The first-order valence-electron chi connectivity index (χ1n) is 6.81. The van der Waals surface area contributed by atoms with Crippen LogP contribution < -0.4 is 5.32 Å². The normalized spacial score (nSPS) is 12.3. The maximum absolute atomic E-state index is 4.53. The van der Waals surface area contributed by atoms with E-state index in [-0.39, 0.29) is 0 Å².